The van der Waals surface area contributed by atoms with Crippen molar-refractivity contribution >= 4 is 11.7 Å². The Kier molecular flexibility index (Phi) is 4.71. The molecule has 0 spiro atoms. The van der Waals surface area contributed by atoms with Gasteiger partial charge in [0.2, 0.25) is 5.91 Å². The Morgan fingerprint density at radius 1 is 1.26 bits per heavy atom. The van der Waals surface area contributed by atoms with E-state index in [0.29, 0.717) is 13.0 Å². The summed E-state index contributed by atoms with van der Waals surface area (Å²) in [6.07, 6.45) is 7.87. The first-order valence-corrected chi connectivity index (χ1v) is 6.95. The number of aromatic nitrogens is 2. The number of amides is 1. The van der Waals surface area contributed by atoms with Crippen molar-refractivity contribution in [3.05, 3.63) is 17.6 Å². The third-order valence-corrected chi connectivity index (χ3v) is 3.51. The summed E-state index contributed by atoms with van der Waals surface area (Å²) in [6, 6.07) is 0. The summed E-state index contributed by atoms with van der Waals surface area (Å²) in [7, 11) is 3.55. The molecule has 2 rings (SSSR count). The minimum atomic E-state index is 0.132. The molecule has 1 amide bonds. The van der Waals surface area contributed by atoms with Crippen molar-refractivity contribution in [1.82, 2.24) is 14.9 Å². The summed E-state index contributed by atoms with van der Waals surface area (Å²) in [5.74, 6) is 1.05. The first-order valence-electron chi connectivity index (χ1n) is 6.95. The maximum Gasteiger partial charge on any atom is 0.223 e. The largest absolute Gasteiger partial charge is 0.369 e. The van der Waals surface area contributed by atoms with Crippen molar-refractivity contribution < 1.29 is 4.79 Å². The molecule has 5 nitrogen and oxygen atoms in total. The minimum absolute atomic E-state index is 0.132. The molecular formula is C14H22N4O. The molecule has 1 aliphatic carbocycles. The van der Waals surface area contributed by atoms with Crippen LogP contribution in [0.2, 0.25) is 0 Å². The Balaban J connectivity index is 1.99. The molecule has 5 heteroatoms. The second-order valence-corrected chi connectivity index (χ2v) is 5.17. The number of nitrogens with zero attached hydrogens (tertiary/aromatic N) is 3. The van der Waals surface area contributed by atoms with Crippen LogP contribution in [0.25, 0.3) is 0 Å². The molecule has 0 bridgehead atoms. The number of carbonyl (C=O) groups is 1. The number of hydrogen-bond donors (Lipinski definition) is 1. The summed E-state index contributed by atoms with van der Waals surface area (Å²) in [6.45, 7) is 0.625. The van der Waals surface area contributed by atoms with Gasteiger partial charge in [0, 0.05) is 38.3 Å². The van der Waals surface area contributed by atoms with Crippen molar-refractivity contribution in [2.75, 3.05) is 26.0 Å². The summed E-state index contributed by atoms with van der Waals surface area (Å²) < 4.78 is 0. The highest BCUT2D eigenvalue weighted by atomic mass is 16.2. The monoisotopic (exact) mass is 262 g/mol. The molecule has 0 saturated heterocycles. The van der Waals surface area contributed by atoms with Gasteiger partial charge in [0.1, 0.15) is 12.1 Å². The minimum Gasteiger partial charge on any atom is -0.369 e. The first kappa shape index (κ1) is 13.8. The van der Waals surface area contributed by atoms with Crippen LogP contribution in [0.1, 0.15) is 36.9 Å². The molecule has 19 heavy (non-hydrogen) atoms. The van der Waals surface area contributed by atoms with Gasteiger partial charge in [-0.1, -0.05) is 6.42 Å². The maximum atomic E-state index is 11.5. The number of fused-ring (bicyclic) bond motifs is 1. The normalized spacial score (nSPS) is 14.4. The Morgan fingerprint density at radius 2 is 2.05 bits per heavy atom. The third-order valence-electron chi connectivity index (χ3n) is 3.51. The van der Waals surface area contributed by atoms with E-state index >= 15 is 0 Å². The molecule has 0 fully saturated rings. The Hall–Kier alpha value is -1.65. The van der Waals surface area contributed by atoms with E-state index in [4.69, 9.17) is 0 Å². The predicted octanol–water partition coefficient (Wildman–Crippen LogP) is 1.64. The maximum absolute atomic E-state index is 11.5. The molecule has 1 N–H and O–H groups in total. The first-order chi connectivity index (χ1) is 9.18. The molecule has 1 aromatic heterocycles. The van der Waals surface area contributed by atoms with Crippen LogP contribution >= 0.6 is 0 Å². The highest BCUT2D eigenvalue weighted by Gasteiger charge is 2.14. The molecule has 0 aromatic carbocycles. The fourth-order valence-corrected chi connectivity index (χ4v) is 2.36. The van der Waals surface area contributed by atoms with Crippen LogP contribution in [-0.2, 0) is 17.6 Å². The highest BCUT2D eigenvalue weighted by molar-refractivity contribution is 5.76. The van der Waals surface area contributed by atoms with E-state index in [9.17, 15) is 4.79 Å². The lowest BCUT2D eigenvalue weighted by atomic mass is 10.1. The smallest absolute Gasteiger partial charge is 0.223 e. The molecule has 1 heterocycles. The van der Waals surface area contributed by atoms with Gasteiger partial charge in [-0.25, -0.2) is 9.97 Å². The second kappa shape index (κ2) is 6.50. The number of carbonyl (C=O) groups excluding carboxylic acids is 1. The van der Waals surface area contributed by atoms with Crippen LogP contribution in [0, 0.1) is 0 Å². The van der Waals surface area contributed by atoms with Crippen LogP contribution in [0.4, 0.5) is 5.82 Å². The molecule has 104 valence electrons. The number of nitrogens with one attached hydrogen (secondary N) is 1. The van der Waals surface area contributed by atoms with E-state index in [2.05, 4.69) is 15.3 Å². The zero-order valence-corrected chi connectivity index (χ0v) is 11.8. The fraction of sp³-hybridized carbons (Fsp3) is 0.643. The third kappa shape index (κ3) is 3.66. The summed E-state index contributed by atoms with van der Waals surface area (Å²) in [4.78, 5) is 21.9. The molecule has 0 unspecified atom stereocenters. The van der Waals surface area contributed by atoms with Gasteiger partial charge < -0.3 is 10.2 Å². The topological polar surface area (TPSA) is 58.1 Å². The number of rotatable bonds is 4. The zero-order chi connectivity index (χ0) is 13.7. The van der Waals surface area contributed by atoms with Crippen LogP contribution in [0.3, 0.4) is 0 Å². The quantitative estimate of drug-likeness (QED) is 0.838. The standard InChI is InChI=1S/C14H22N4O/c1-18(2)13(19)8-9-15-14-11-6-4-3-5-7-12(11)16-10-17-14/h10H,3-9H2,1-2H3,(H,15,16,17). The van der Waals surface area contributed by atoms with E-state index < -0.39 is 0 Å². The number of hydrogen-bond acceptors (Lipinski definition) is 4. The van der Waals surface area contributed by atoms with Gasteiger partial charge in [-0.15, -0.1) is 0 Å². The van der Waals surface area contributed by atoms with Crippen LogP contribution in [0.5, 0.6) is 0 Å². The van der Waals surface area contributed by atoms with E-state index in [-0.39, 0.29) is 5.91 Å². The van der Waals surface area contributed by atoms with E-state index in [1.807, 2.05) is 0 Å². The molecule has 0 saturated carbocycles. The predicted molar refractivity (Wildman–Crippen MR) is 75.1 cm³/mol. The van der Waals surface area contributed by atoms with Crippen molar-refractivity contribution in [3.8, 4) is 0 Å². The molecule has 1 aliphatic rings. The average Bonchev–Trinajstić information content (AvgIpc) is 2.64. The zero-order valence-electron chi connectivity index (χ0n) is 11.8. The van der Waals surface area contributed by atoms with Crippen LogP contribution in [-0.4, -0.2) is 41.4 Å². The average molecular weight is 262 g/mol. The van der Waals surface area contributed by atoms with E-state index in [1.165, 1.54) is 30.5 Å². The van der Waals surface area contributed by atoms with Gasteiger partial charge in [-0.2, -0.15) is 0 Å². The fourth-order valence-electron chi connectivity index (χ4n) is 2.36. The van der Waals surface area contributed by atoms with Gasteiger partial charge in [-0.05, 0) is 25.7 Å². The van der Waals surface area contributed by atoms with Gasteiger partial charge in [0.05, 0.1) is 0 Å². The molecule has 0 aliphatic heterocycles. The van der Waals surface area contributed by atoms with Crippen molar-refractivity contribution in [2.45, 2.75) is 38.5 Å². The van der Waals surface area contributed by atoms with E-state index in [0.717, 1.165) is 18.7 Å². The van der Waals surface area contributed by atoms with E-state index in [1.54, 1.807) is 25.3 Å². The SMILES string of the molecule is CN(C)C(=O)CCNc1ncnc2c1CCCCC2. The lowest BCUT2D eigenvalue weighted by molar-refractivity contribution is -0.128. The van der Waals surface area contributed by atoms with Crippen LogP contribution < -0.4 is 5.32 Å². The van der Waals surface area contributed by atoms with Crippen molar-refractivity contribution in [2.24, 2.45) is 0 Å². The molecular weight excluding hydrogens is 240 g/mol. The van der Waals surface area contributed by atoms with Gasteiger partial charge >= 0.3 is 0 Å². The number of anilines is 1. The summed E-state index contributed by atoms with van der Waals surface area (Å²) in [5.41, 5.74) is 2.42. The van der Waals surface area contributed by atoms with Crippen molar-refractivity contribution in [3.63, 3.8) is 0 Å². The second-order valence-electron chi connectivity index (χ2n) is 5.17. The molecule has 1 aromatic rings. The van der Waals surface area contributed by atoms with Crippen molar-refractivity contribution in [1.29, 1.82) is 0 Å². The van der Waals surface area contributed by atoms with Gasteiger partial charge in [0.25, 0.3) is 0 Å². The van der Waals surface area contributed by atoms with Gasteiger partial charge in [-0.3, -0.25) is 4.79 Å². The Morgan fingerprint density at radius 3 is 2.84 bits per heavy atom. The Labute approximate surface area is 114 Å². The lowest BCUT2D eigenvalue weighted by Gasteiger charge is -2.13. The summed E-state index contributed by atoms with van der Waals surface area (Å²) >= 11 is 0. The molecule has 0 radical (unpaired) electrons. The summed E-state index contributed by atoms with van der Waals surface area (Å²) in [5, 5.41) is 3.29. The van der Waals surface area contributed by atoms with Crippen LogP contribution in [0.15, 0.2) is 6.33 Å². The Bertz CT molecular complexity index is 445. The lowest BCUT2D eigenvalue weighted by Crippen LogP contribution is -2.24. The molecule has 0 atom stereocenters. The van der Waals surface area contributed by atoms with Gasteiger partial charge in [0.15, 0.2) is 0 Å². The number of aryl methyl sites for hydroxylation is 1. The highest BCUT2D eigenvalue weighted by Crippen LogP contribution is 2.23.